The molecule has 1 aromatic rings. The summed E-state index contributed by atoms with van der Waals surface area (Å²) < 4.78 is 23.8. The van der Waals surface area contributed by atoms with Gasteiger partial charge in [-0.3, -0.25) is 9.59 Å². The lowest BCUT2D eigenvalue weighted by Gasteiger charge is -2.33. The van der Waals surface area contributed by atoms with E-state index in [2.05, 4.69) is 5.32 Å². The molecule has 1 atom stereocenters. The molecule has 2 N–H and O–H groups in total. The van der Waals surface area contributed by atoms with Gasteiger partial charge in [0.25, 0.3) is 0 Å². The predicted octanol–water partition coefficient (Wildman–Crippen LogP) is 2.03. The Labute approximate surface area is 143 Å². The van der Waals surface area contributed by atoms with Crippen LogP contribution in [0.3, 0.4) is 0 Å². The van der Waals surface area contributed by atoms with Gasteiger partial charge in [0.1, 0.15) is 0 Å². The Morgan fingerprint density at radius 2 is 1.92 bits per heavy atom. The van der Waals surface area contributed by atoms with E-state index in [-0.39, 0.29) is 35.3 Å². The van der Waals surface area contributed by atoms with Gasteiger partial charge < -0.3 is 10.4 Å². The highest BCUT2D eigenvalue weighted by atomic mass is 32.2. The van der Waals surface area contributed by atoms with E-state index in [9.17, 15) is 18.0 Å². The summed E-state index contributed by atoms with van der Waals surface area (Å²) in [4.78, 5) is 23.5. The average molecular weight is 355 g/mol. The molecule has 1 aromatic carbocycles. The molecule has 0 aliphatic rings. The van der Waals surface area contributed by atoms with Crippen molar-refractivity contribution in [1.29, 1.82) is 0 Å². The summed E-state index contributed by atoms with van der Waals surface area (Å²) in [7, 11) is -3.33. The number of aliphatic carboxylic acids is 1. The Morgan fingerprint density at radius 3 is 2.42 bits per heavy atom. The number of carboxylic acids is 1. The summed E-state index contributed by atoms with van der Waals surface area (Å²) in [5.41, 5.74) is -0.292. The first-order chi connectivity index (χ1) is 11.0. The standard InChI is InChI=1S/C17H25NO5S/c1-5-24(22,23)14-8-6-7-13(9-14)10-15(19)18-17(4,12(2)3)11-16(20)21/h6-9,12H,5,10-11H2,1-4H3,(H,18,19)(H,20,21). The van der Waals surface area contributed by atoms with E-state index in [0.717, 1.165) is 0 Å². The number of benzene rings is 1. The number of sulfone groups is 1. The van der Waals surface area contributed by atoms with Gasteiger partial charge in [0, 0.05) is 5.54 Å². The molecule has 0 aliphatic carbocycles. The Bertz CT molecular complexity index is 711. The lowest BCUT2D eigenvalue weighted by Crippen LogP contribution is -2.51. The van der Waals surface area contributed by atoms with Crippen LogP contribution < -0.4 is 5.32 Å². The van der Waals surface area contributed by atoms with Gasteiger partial charge in [0.05, 0.1) is 23.5 Å². The Hall–Kier alpha value is -1.89. The van der Waals surface area contributed by atoms with Crippen LogP contribution in [-0.4, -0.2) is 36.7 Å². The molecule has 0 saturated heterocycles. The Kier molecular flexibility index (Phi) is 6.54. The van der Waals surface area contributed by atoms with Crippen molar-refractivity contribution in [3.63, 3.8) is 0 Å². The Morgan fingerprint density at radius 1 is 1.29 bits per heavy atom. The van der Waals surface area contributed by atoms with Crippen LogP contribution in [0.4, 0.5) is 0 Å². The third-order valence-electron chi connectivity index (χ3n) is 4.22. The van der Waals surface area contributed by atoms with Crippen LogP contribution in [0.15, 0.2) is 29.2 Å². The van der Waals surface area contributed by atoms with E-state index in [4.69, 9.17) is 5.11 Å². The summed E-state index contributed by atoms with van der Waals surface area (Å²) >= 11 is 0. The van der Waals surface area contributed by atoms with Crippen molar-refractivity contribution in [2.75, 3.05) is 5.75 Å². The van der Waals surface area contributed by atoms with Crippen LogP contribution in [0, 0.1) is 5.92 Å². The van der Waals surface area contributed by atoms with Crippen LogP contribution >= 0.6 is 0 Å². The monoisotopic (exact) mass is 355 g/mol. The van der Waals surface area contributed by atoms with Gasteiger partial charge in [0.2, 0.25) is 5.91 Å². The number of carbonyl (C=O) groups excluding carboxylic acids is 1. The molecule has 1 amide bonds. The normalized spacial score (nSPS) is 14.2. The smallest absolute Gasteiger partial charge is 0.305 e. The zero-order valence-corrected chi connectivity index (χ0v) is 15.3. The summed E-state index contributed by atoms with van der Waals surface area (Å²) in [6.07, 6.45) is -0.185. The lowest BCUT2D eigenvalue weighted by atomic mass is 9.85. The number of carboxylic acid groups (broad SMARTS) is 1. The van der Waals surface area contributed by atoms with Gasteiger partial charge in [-0.05, 0) is 30.5 Å². The zero-order chi connectivity index (χ0) is 18.5. The largest absolute Gasteiger partial charge is 0.481 e. The van der Waals surface area contributed by atoms with Crippen LogP contribution in [0.25, 0.3) is 0 Å². The highest BCUT2D eigenvalue weighted by Crippen LogP contribution is 2.21. The van der Waals surface area contributed by atoms with Crippen LogP contribution in [-0.2, 0) is 25.8 Å². The van der Waals surface area contributed by atoms with Gasteiger partial charge in [-0.15, -0.1) is 0 Å². The zero-order valence-electron chi connectivity index (χ0n) is 14.5. The van der Waals surface area contributed by atoms with Gasteiger partial charge in [-0.25, -0.2) is 8.42 Å². The minimum Gasteiger partial charge on any atom is -0.481 e. The van der Waals surface area contributed by atoms with Crippen molar-refractivity contribution in [2.45, 2.75) is 51.0 Å². The maximum Gasteiger partial charge on any atom is 0.305 e. The second kappa shape index (κ2) is 7.79. The van der Waals surface area contributed by atoms with E-state index >= 15 is 0 Å². The van der Waals surface area contributed by atoms with E-state index in [0.29, 0.717) is 5.56 Å². The molecule has 0 heterocycles. The highest BCUT2D eigenvalue weighted by molar-refractivity contribution is 7.91. The fourth-order valence-corrected chi connectivity index (χ4v) is 3.22. The van der Waals surface area contributed by atoms with E-state index in [1.54, 1.807) is 26.0 Å². The molecular weight excluding hydrogens is 330 g/mol. The third kappa shape index (κ3) is 5.33. The minimum atomic E-state index is -3.33. The topological polar surface area (TPSA) is 101 Å². The van der Waals surface area contributed by atoms with E-state index in [1.165, 1.54) is 12.1 Å². The van der Waals surface area contributed by atoms with Crippen LogP contribution in [0.2, 0.25) is 0 Å². The first-order valence-electron chi connectivity index (χ1n) is 7.84. The molecule has 134 valence electrons. The van der Waals surface area contributed by atoms with Crippen molar-refractivity contribution < 1.29 is 23.1 Å². The fraction of sp³-hybridized carbons (Fsp3) is 0.529. The second-order valence-corrected chi connectivity index (χ2v) is 8.70. The SMILES string of the molecule is CCS(=O)(=O)c1cccc(CC(=O)NC(C)(CC(=O)O)C(C)C)c1. The number of hydrogen-bond acceptors (Lipinski definition) is 4. The lowest BCUT2D eigenvalue weighted by molar-refractivity contribution is -0.139. The molecule has 1 unspecified atom stereocenters. The van der Waals surface area contributed by atoms with Gasteiger partial charge in [-0.2, -0.15) is 0 Å². The van der Waals surface area contributed by atoms with Crippen molar-refractivity contribution >= 4 is 21.7 Å². The maximum atomic E-state index is 12.3. The molecule has 7 heteroatoms. The number of amides is 1. The summed E-state index contributed by atoms with van der Waals surface area (Å²) in [6, 6.07) is 6.27. The molecular formula is C17H25NO5S. The first-order valence-corrected chi connectivity index (χ1v) is 9.50. The van der Waals surface area contributed by atoms with Crippen molar-refractivity contribution in [2.24, 2.45) is 5.92 Å². The van der Waals surface area contributed by atoms with Gasteiger partial charge in [-0.1, -0.05) is 32.9 Å². The fourth-order valence-electron chi connectivity index (χ4n) is 2.27. The molecule has 1 rings (SSSR count). The second-order valence-electron chi connectivity index (χ2n) is 6.42. The molecule has 0 radical (unpaired) electrons. The number of hydrogen-bond donors (Lipinski definition) is 2. The minimum absolute atomic E-state index is 0.00496. The highest BCUT2D eigenvalue weighted by Gasteiger charge is 2.32. The molecule has 24 heavy (non-hydrogen) atoms. The number of rotatable bonds is 8. The third-order valence-corrected chi connectivity index (χ3v) is 5.95. The number of nitrogens with one attached hydrogen (secondary N) is 1. The van der Waals surface area contributed by atoms with E-state index < -0.39 is 21.3 Å². The van der Waals surface area contributed by atoms with Crippen molar-refractivity contribution in [1.82, 2.24) is 5.32 Å². The molecule has 0 spiro atoms. The summed E-state index contributed by atoms with van der Waals surface area (Å²) in [6.45, 7) is 6.95. The average Bonchev–Trinajstić information content (AvgIpc) is 2.46. The number of carbonyl (C=O) groups is 2. The van der Waals surface area contributed by atoms with E-state index in [1.807, 2.05) is 13.8 Å². The van der Waals surface area contributed by atoms with Gasteiger partial charge in [0.15, 0.2) is 9.84 Å². The molecule has 0 saturated carbocycles. The van der Waals surface area contributed by atoms with Crippen LogP contribution in [0.1, 0.15) is 39.7 Å². The van der Waals surface area contributed by atoms with Crippen molar-refractivity contribution in [3.05, 3.63) is 29.8 Å². The summed E-state index contributed by atoms with van der Waals surface area (Å²) in [5, 5.41) is 11.8. The first kappa shape index (κ1) is 20.2. The maximum absolute atomic E-state index is 12.3. The predicted molar refractivity (Wildman–Crippen MR) is 91.5 cm³/mol. The van der Waals surface area contributed by atoms with Crippen LogP contribution in [0.5, 0.6) is 0 Å². The Balaban J connectivity index is 2.92. The molecule has 0 fully saturated rings. The quantitative estimate of drug-likeness (QED) is 0.743. The molecule has 0 aromatic heterocycles. The molecule has 6 nitrogen and oxygen atoms in total. The van der Waals surface area contributed by atoms with Crippen molar-refractivity contribution in [3.8, 4) is 0 Å². The molecule has 0 aliphatic heterocycles. The molecule has 0 bridgehead atoms. The summed E-state index contributed by atoms with van der Waals surface area (Å²) in [5.74, 6) is -1.39. The van der Waals surface area contributed by atoms with Gasteiger partial charge >= 0.3 is 5.97 Å².